The molecule has 2 rings (SSSR count). The first-order valence-electron chi connectivity index (χ1n) is 6.38. The summed E-state index contributed by atoms with van der Waals surface area (Å²) >= 11 is 0. The van der Waals surface area contributed by atoms with E-state index < -0.39 is 5.97 Å². The molecule has 112 valence electrons. The lowest BCUT2D eigenvalue weighted by Crippen LogP contribution is -2.29. The van der Waals surface area contributed by atoms with Gasteiger partial charge in [-0.3, -0.25) is 4.79 Å². The van der Waals surface area contributed by atoms with Crippen molar-refractivity contribution < 1.29 is 19.4 Å². The van der Waals surface area contributed by atoms with Crippen LogP contribution in [0.3, 0.4) is 0 Å². The normalized spacial score (nSPS) is 10.7. The summed E-state index contributed by atoms with van der Waals surface area (Å²) in [6.07, 6.45) is 3.43. The van der Waals surface area contributed by atoms with E-state index in [9.17, 15) is 9.59 Å². The standard InChI is InChI=1S/C12H15N5O4/c1-2-9-8(5-14-12-15-7-16-17(9)12)11(20)13-3-4-21-6-10(18)19/h5,7H,2-4,6H2,1H3,(H,13,20)(H,18,19). The highest BCUT2D eigenvalue weighted by molar-refractivity contribution is 5.95. The zero-order valence-corrected chi connectivity index (χ0v) is 11.4. The lowest BCUT2D eigenvalue weighted by atomic mass is 10.2. The summed E-state index contributed by atoms with van der Waals surface area (Å²) in [5.41, 5.74) is 1.12. The van der Waals surface area contributed by atoms with Crippen LogP contribution in [0.2, 0.25) is 0 Å². The number of rotatable bonds is 7. The number of aliphatic carboxylic acids is 1. The molecule has 1 amide bonds. The van der Waals surface area contributed by atoms with E-state index in [-0.39, 0.29) is 25.7 Å². The van der Waals surface area contributed by atoms with E-state index in [0.29, 0.717) is 23.5 Å². The molecule has 2 N–H and O–H groups in total. The molecule has 2 aromatic heterocycles. The summed E-state index contributed by atoms with van der Waals surface area (Å²) < 4.78 is 6.36. The molecule has 9 heteroatoms. The van der Waals surface area contributed by atoms with Gasteiger partial charge in [0.2, 0.25) is 0 Å². The minimum Gasteiger partial charge on any atom is -0.480 e. The van der Waals surface area contributed by atoms with Gasteiger partial charge in [-0.2, -0.15) is 10.1 Å². The van der Waals surface area contributed by atoms with Crippen molar-refractivity contribution in [3.05, 3.63) is 23.8 Å². The Balaban J connectivity index is 2.00. The fraction of sp³-hybridized carbons (Fsp3) is 0.417. The van der Waals surface area contributed by atoms with Crippen molar-refractivity contribution in [3.63, 3.8) is 0 Å². The SMILES string of the molecule is CCc1c(C(=O)NCCOCC(=O)O)cnc2ncnn12. The smallest absolute Gasteiger partial charge is 0.329 e. The number of hydrogen-bond acceptors (Lipinski definition) is 6. The Kier molecular flexibility index (Phi) is 4.77. The van der Waals surface area contributed by atoms with Crippen LogP contribution in [-0.4, -0.2) is 56.3 Å². The van der Waals surface area contributed by atoms with Crippen LogP contribution in [0, 0.1) is 0 Å². The van der Waals surface area contributed by atoms with Crippen molar-refractivity contribution in [2.24, 2.45) is 0 Å². The maximum absolute atomic E-state index is 12.1. The van der Waals surface area contributed by atoms with Crippen molar-refractivity contribution >= 4 is 17.7 Å². The number of carboxylic acids is 1. The summed E-state index contributed by atoms with van der Waals surface area (Å²) in [5, 5.41) is 15.1. The molecule has 0 radical (unpaired) electrons. The van der Waals surface area contributed by atoms with Crippen LogP contribution in [0.15, 0.2) is 12.5 Å². The number of nitrogens with one attached hydrogen (secondary N) is 1. The second-order valence-electron chi connectivity index (χ2n) is 4.15. The van der Waals surface area contributed by atoms with Gasteiger partial charge in [0.05, 0.1) is 17.9 Å². The van der Waals surface area contributed by atoms with Crippen LogP contribution < -0.4 is 5.32 Å². The molecule has 0 aromatic carbocycles. The molecule has 2 heterocycles. The molecule has 0 aliphatic heterocycles. The highest BCUT2D eigenvalue weighted by atomic mass is 16.5. The molecule has 0 unspecified atom stereocenters. The van der Waals surface area contributed by atoms with E-state index in [1.807, 2.05) is 6.92 Å². The Morgan fingerprint density at radius 3 is 2.95 bits per heavy atom. The van der Waals surface area contributed by atoms with E-state index >= 15 is 0 Å². The zero-order valence-electron chi connectivity index (χ0n) is 11.4. The molecule has 21 heavy (non-hydrogen) atoms. The van der Waals surface area contributed by atoms with E-state index in [2.05, 4.69) is 20.4 Å². The summed E-state index contributed by atoms with van der Waals surface area (Å²) in [6.45, 7) is 1.86. The third-order valence-corrected chi connectivity index (χ3v) is 2.74. The monoisotopic (exact) mass is 293 g/mol. The van der Waals surface area contributed by atoms with Crippen molar-refractivity contribution in [2.75, 3.05) is 19.8 Å². The fourth-order valence-electron chi connectivity index (χ4n) is 1.85. The molecule has 0 bridgehead atoms. The molecular weight excluding hydrogens is 278 g/mol. The molecule has 0 atom stereocenters. The predicted octanol–water partition coefficient (Wildman–Crippen LogP) is -0.482. The second kappa shape index (κ2) is 6.75. The first-order chi connectivity index (χ1) is 10.1. The lowest BCUT2D eigenvalue weighted by molar-refractivity contribution is -0.142. The summed E-state index contributed by atoms with van der Waals surface area (Å²) in [7, 11) is 0. The third-order valence-electron chi connectivity index (χ3n) is 2.74. The van der Waals surface area contributed by atoms with Gasteiger partial charge in [-0.1, -0.05) is 6.92 Å². The molecule has 2 aromatic rings. The molecule has 0 saturated carbocycles. The Morgan fingerprint density at radius 2 is 2.24 bits per heavy atom. The first kappa shape index (κ1) is 14.9. The second-order valence-corrected chi connectivity index (χ2v) is 4.15. The maximum Gasteiger partial charge on any atom is 0.329 e. The number of aryl methyl sites for hydroxylation is 1. The fourth-order valence-corrected chi connectivity index (χ4v) is 1.85. The van der Waals surface area contributed by atoms with Crippen LogP contribution in [0.4, 0.5) is 0 Å². The molecule has 9 nitrogen and oxygen atoms in total. The van der Waals surface area contributed by atoms with Gasteiger partial charge in [0.15, 0.2) is 0 Å². The number of carbonyl (C=O) groups excluding carboxylic acids is 1. The quantitative estimate of drug-likeness (QED) is 0.661. The van der Waals surface area contributed by atoms with E-state index in [4.69, 9.17) is 9.84 Å². The largest absolute Gasteiger partial charge is 0.480 e. The van der Waals surface area contributed by atoms with E-state index in [0.717, 1.165) is 0 Å². The van der Waals surface area contributed by atoms with Crippen molar-refractivity contribution in [2.45, 2.75) is 13.3 Å². The topological polar surface area (TPSA) is 119 Å². The Hall–Kier alpha value is -2.55. The molecule has 0 aliphatic carbocycles. The number of hydrogen-bond donors (Lipinski definition) is 2. The number of fused-ring (bicyclic) bond motifs is 1. The van der Waals surface area contributed by atoms with Crippen molar-refractivity contribution in [1.29, 1.82) is 0 Å². The highest BCUT2D eigenvalue weighted by Crippen LogP contribution is 2.09. The van der Waals surface area contributed by atoms with Gasteiger partial charge in [0.25, 0.3) is 11.7 Å². The number of aromatic nitrogens is 4. The predicted molar refractivity (Wildman–Crippen MR) is 70.9 cm³/mol. The maximum atomic E-state index is 12.1. The van der Waals surface area contributed by atoms with E-state index in [1.165, 1.54) is 17.0 Å². The van der Waals surface area contributed by atoms with E-state index in [1.54, 1.807) is 0 Å². The zero-order chi connectivity index (χ0) is 15.2. The van der Waals surface area contributed by atoms with Gasteiger partial charge in [-0.25, -0.2) is 14.3 Å². The average Bonchev–Trinajstić information content (AvgIpc) is 2.93. The summed E-state index contributed by atoms with van der Waals surface area (Å²) in [4.78, 5) is 30.4. The average molecular weight is 293 g/mol. The van der Waals surface area contributed by atoms with Crippen LogP contribution >= 0.6 is 0 Å². The number of carbonyl (C=O) groups is 2. The minimum atomic E-state index is -1.05. The van der Waals surface area contributed by atoms with Crippen molar-refractivity contribution in [3.8, 4) is 0 Å². The van der Waals surface area contributed by atoms with Crippen LogP contribution in [0.25, 0.3) is 5.78 Å². The van der Waals surface area contributed by atoms with Gasteiger partial charge in [0, 0.05) is 12.7 Å². The molecule has 0 saturated heterocycles. The molecule has 0 aliphatic rings. The molecule has 0 fully saturated rings. The van der Waals surface area contributed by atoms with Gasteiger partial charge >= 0.3 is 5.97 Å². The first-order valence-corrected chi connectivity index (χ1v) is 6.38. The number of ether oxygens (including phenoxy) is 1. The van der Waals surface area contributed by atoms with Crippen LogP contribution in [0.5, 0.6) is 0 Å². The Morgan fingerprint density at radius 1 is 1.43 bits per heavy atom. The van der Waals surface area contributed by atoms with Crippen LogP contribution in [0.1, 0.15) is 23.0 Å². The van der Waals surface area contributed by atoms with Gasteiger partial charge < -0.3 is 15.2 Å². The van der Waals surface area contributed by atoms with Crippen LogP contribution in [-0.2, 0) is 16.0 Å². The Bertz CT molecular complexity index is 654. The molecule has 0 spiro atoms. The third kappa shape index (κ3) is 3.51. The summed E-state index contributed by atoms with van der Waals surface area (Å²) in [6, 6.07) is 0. The van der Waals surface area contributed by atoms with Gasteiger partial charge in [-0.15, -0.1) is 0 Å². The number of amides is 1. The molecular formula is C12H15N5O4. The van der Waals surface area contributed by atoms with Gasteiger partial charge in [0.1, 0.15) is 12.9 Å². The number of carboxylic acid groups (broad SMARTS) is 1. The van der Waals surface area contributed by atoms with Gasteiger partial charge in [-0.05, 0) is 6.42 Å². The highest BCUT2D eigenvalue weighted by Gasteiger charge is 2.15. The minimum absolute atomic E-state index is 0.124. The van der Waals surface area contributed by atoms with Crippen molar-refractivity contribution in [1.82, 2.24) is 24.9 Å². The lowest BCUT2D eigenvalue weighted by Gasteiger charge is -2.09. The Labute approximate surface area is 120 Å². The summed E-state index contributed by atoms with van der Waals surface area (Å²) in [5.74, 6) is -0.917. The number of nitrogens with zero attached hydrogens (tertiary/aromatic N) is 4.